The number of amides is 5. The van der Waals surface area contributed by atoms with E-state index in [1.165, 1.54) is 0 Å². The Morgan fingerprint density at radius 3 is 2.43 bits per heavy atom. The fourth-order valence-corrected chi connectivity index (χ4v) is 8.72. The Morgan fingerprint density at radius 2 is 1.70 bits per heavy atom. The Morgan fingerprint density at radius 1 is 0.926 bits per heavy atom. The lowest BCUT2D eigenvalue weighted by Gasteiger charge is -2.39. The Balaban J connectivity index is 0.933. The van der Waals surface area contributed by atoms with E-state index in [0.717, 1.165) is 44.7 Å². The molecule has 0 radical (unpaired) electrons. The van der Waals surface area contributed by atoms with Crippen molar-refractivity contribution < 1.29 is 28.8 Å². The van der Waals surface area contributed by atoms with Crippen LogP contribution in [0.25, 0.3) is 15.7 Å². The van der Waals surface area contributed by atoms with Crippen molar-refractivity contribution in [3.63, 3.8) is 0 Å². The van der Waals surface area contributed by atoms with E-state index in [1.54, 1.807) is 30.3 Å². The average molecular weight is 725 g/mol. The van der Waals surface area contributed by atoms with Gasteiger partial charge in [-0.25, -0.2) is 4.85 Å². The molecule has 4 aromatic rings. The van der Waals surface area contributed by atoms with E-state index < -0.39 is 35.1 Å². The molecule has 8 rings (SSSR count). The summed E-state index contributed by atoms with van der Waals surface area (Å²) in [5.74, 6) is -2.14. The predicted molar refractivity (Wildman–Crippen MR) is 201 cm³/mol. The number of ketones is 1. The molecule has 2 fully saturated rings. The maximum absolute atomic E-state index is 14.1. The molecule has 12 nitrogen and oxygen atoms in total. The number of piperazine rings is 1. The first kappa shape index (κ1) is 35.0. The minimum atomic E-state index is -1.03. The number of hydrogen-bond acceptors (Lipinski definition) is 7. The van der Waals surface area contributed by atoms with Crippen LogP contribution in [0.3, 0.4) is 0 Å². The third-order valence-electron chi connectivity index (χ3n) is 11.6. The monoisotopic (exact) mass is 724 g/mol. The number of H-pyrrole nitrogens is 1. The highest BCUT2D eigenvalue weighted by atomic mass is 16.2. The third-order valence-corrected chi connectivity index (χ3v) is 11.6. The molecule has 0 saturated carbocycles. The number of aryl methyl sites for hydroxylation is 2. The molecule has 5 amide bonds. The zero-order valence-electron chi connectivity index (χ0n) is 30.5. The van der Waals surface area contributed by atoms with Gasteiger partial charge in [0.1, 0.15) is 6.04 Å². The van der Waals surface area contributed by atoms with Crippen LogP contribution >= 0.6 is 0 Å². The minimum Gasteiger partial charge on any atom is -0.368 e. The molecule has 4 aliphatic rings. The number of aromatic amines is 1. The largest absolute Gasteiger partial charge is 0.368 e. The number of aromatic nitrogens is 1. The number of carbonyl (C=O) groups is 6. The summed E-state index contributed by atoms with van der Waals surface area (Å²) in [4.78, 5) is 90.5. The van der Waals surface area contributed by atoms with Crippen LogP contribution in [0.5, 0.6) is 0 Å². The fourth-order valence-electron chi connectivity index (χ4n) is 8.72. The van der Waals surface area contributed by atoms with E-state index in [4.69, 9.17) is 6.57 Å². The van der Waals surface area contributed by atoms with Crippen LogP contribution < -0.4 is 10.2 Å². The second-order valence-corrected chi connectivity index (χ2v) is 15.1. The van der Waals surface area contributed by atoms with Gasteiger partial charge < -0.3 is 14.8 Å². The van der Waals surface area contributed by atoms with E-state index in [-0.39, 0.29) is 42.1 Å². The van der Waals surface area contributed by atoms with Crippen molar-refractivity contribution in [1.82, 2.24) is 20.1 Å². The molecule has 12 heteroatoms. The highest BCUT2D eigenvalue weighted by molar-refractivity contribution is 6.24. The van der Waals surface area contributed by atoms with Gasteiger partial charge in [-0.1, -0.05) is 45.0 Å². The van der Waals surface area contributed by atoms with E-state index in [1.807, 2.05) is 17.0 Å². The topological polar surface area (TPSA) is 144 Å². The number of imide groups is 2. The van der Waals surface area contributed by atoms with Crippen molar-refractivity contribution >= 4 is 57.6 Å². The van der Waals surface area contributed by atoms with Gasteiger partial charge >= 0.3 is 0 Å². The molecule has 4 heterocycles. The van der Waals surface area contributed by atoms with Crippen molar-refractivity contribution in [2.24, 2.45) is 0 Å². The van der Waals surface area contributed by atoms with E-state index >= 15 is 0 Å². The van der Waals surface area contributed by atoms with E-state index in [0.29, 0.717) is 61.4 Å². The zero-order chi connectivity index (χ0) is 38.1. The summed E-state index contributed by atoms with van der Waals surface area (Å²) in [7, 11) is 0. The quantitative estimate of drug-likeness (QED) is 0.196. The number of benzene rings is 3. The van der Waals surface area contributed by atoms with Gasteiger partial charge in [0.25, 0.3) is 11.8 Å². The highest BCUT2D eigenvalue weighted by Crippen LogP contribution is 2.46. The number of hydrogen-bond donors (Lipinski definition) is 2. The number of fused-ring (bicyclic) bond motifs is 5. The summed E-state index contributed by atoms with van der Waals surface area (Å²) in [6.45, 7) is 16.1. The van der Waals surface area contributed by atoms with Crippen molar-refractivity contribution in [3.8, 4) is 0 Å². The summed E-state index contributed by atoms with van der Waals surface area (Å²) >= 11 is 0. The molecule has 3 aromatic carbocycles. The lowest BCUT2D eigenvalue weighted by atomic mass is 9.70. The lowest BCUT2D eigenvalue weighted by molar-refractivity contribution is -0.136. The Labute approximate surface area is 312 Å². The molecule has 1 unspecified atom stereocenters. The second kappa shape index (κ2) is 13.1. The maximum atomic E-state index is 14.1. The van der Waals surface area contributed by atoms with Crippen molar-refractivity contribution in [2.45, 2.75) is 70.8 Å². The fraction of sp³-hybridized carbons (Fsp3) is 0.357. The Kier molecular flexibility index (Phi) is 8.48. The standard InChI is InChI=1S/C42H40N6O6/c1-5-23-20-28-29(42(2,3)38-36(37(28)51)26-13-12-25(43-4)21-30(26)44-38)22-32(23)46-16-18-47(19-17-46)34(50)11-7-9-24-8-6-10-27-35(24)41(54)48(40(27)53)31-14-15-33(49)45-39(31)52/h6,8,10,12-13,20-22,31,44H,5,7,9,11,14-19H2,1-3H3,(H,45,49,52). The molecule has 3 aliphatic heterocycles. The van der Waals surface area contributed by atoms with Gasteiger partial charge in [0.15, 0.2) is 11.5 Å². The zero-order valence-corrected chi connectivity index (χ0v) is 30.5. The first-order chi connectivity index (χ1) is 25.9. The van der Waals surface area contributed by atoms with Gasteiger partial charge in [-0.15, -0.1) is 0 Å². The summed E-state index contributed by atoms with van der Waals surface area (Å²) in [5, 5.41) is 3.05. The van der Waals surface area contributed by atoms with Gasteiger partial charge in [-0.3, -0.25) is 39.0 Å². The number of nitrogens with zero attached hydrogens (tertiary/aromatic N) is 4. The van der Waals surface area contributed by atoms with Gasteiger partial charge in [0.05, 0.1) is 23.3 Å². The maximum Gasteiger partial charge on any atom is 0.262 e. The summed E-state index contributed by atoms with van der Waals surface area (Å²) in [5.41, 5.74) is 7.31. The lowest BCUT2D eigenvalue weighted by Crippen LogP contribution is -2.54. The van der Waals surface area contributed by atoms with E-state index in [2.05, 4.69) is 46.9 Å². The Hall–Kier alpha value is -6.09. The van der Waals surface area contributed by atoms with E-state index in [9.17, 15) is 28.8 Å². The van der Waals surface area contributed by atoms with Crippen LogP contribution in [0.4, 0.5) is 11.4 Å². The number of rotatable bonds is 7. The first-order valence-corrected chi connectivity index (χ1v) is 18.5. The Bertz CT molecular complexity index is 2380. The molecule has 1 atom stereocenters. The van der Waals surface area contributed by atoms with Crippen LogP contribution in [0.2, 0.25) is 0 Å². The van der Waals surface area contributed by atoms with Gasteiger partial charge in [-0.05, 0) is 66.6 Å². The molecule has 54 heavy (non-hydrogen) atoms. The minimum absolute atomic E-state index is 0.0131. The molecular formula is C42H40N6O6. The third kappa shape index (κ3) is 5.49. The average Bonchev–Trinajstić information content (AvgIpc) is 3.69. The van der Waals surface area contributed by atoms with Crippen LogP contribution in [-0.2, 0) is 32.6 Å². The van der Waals surface area contributed by atoms with Crippen molar-refractivity contribution in [1.29, 1.82) is 0 Å². The first-order valence-electron chi connectivity index (χ1n) is 18.5. The smallest absolute Gasteiger partial charge is 0.262 e. The van der Waals surface area contributed by atoms with Gasteiger partial charge in [0, 0.05) is 72.3 Å². The summed E-state index contributed by atoms with van der Waals surface area (Å²) < 4.78 is 0. The van der Waals surface area contributed by atoms with Crippen molar-refractivity contribution in [2.75, 3.05) is 31.1 Å². The van der Waals surface area contributed by atoms with Gasteiger partial charge in [-0.2, -0.15) is 0 Å². The number of piperidine rings is 1. The molecule has 1 aliphatic carbocycles. The molecule has 1 aromatic heterocycles. The van der Waals surface area contributed by atoms with Crippen molar-refractivity contribution in [3.05, 3.63) is 105 Å². The summed E-state index contributed by atoms with van der Waals surface area (Å²) in [6.07, 6.45) is 2.07. The van der Waals surface area contributed by atoms with Crippen LogP contribution in [0, 0.1) is 6.57 Å². The van der Waals surface area contributed by atoms with Gasteiger partial charge in [0.2, 0.25) is 17.7 Å². The van der Waals surface area contributed by atoms with Crippen LogP contribution in [-0.4, -0.2) is 82.3 Å². The normalized spacial score (nSPS) is 19.1. The SMILES string of the molecule is [C-]#[N+]c1ccc2c3c([nH]c2c1)C(C)(C)c1cc(N2CCN(C(=O)CCCc4cccc5c4C(=O)N(C4CCC(=O)NC4=O)C5=O)CC2)c(CC)cc1C3=O. The van der Waals surface area contributed by atoms with Crippen LogP contribution in [0.1, 0.15) is 105 Å². The predicted octanol–water partition coefficient (Wildman–Crippen LogP) is 5.22. The molecule has 0 bridgehead atoms. The second-order valence-electron chi connectivity index (χ2n) is 15.1. The molecule has 274 valence electrons. The number of carbonyl (C=O) groups excluding carboxylic acids is 6. The molecular weight excluding hydrogens is 684 g/mol. The number of anilines is 1. The summed E-state index contributed by atoms with van der Waals surface area (Å²) in [6, 6.07) is 13.7. The molecule has 0 spiro atoms. The highest BCUT2D eigenvalue weighted by Gasteiger charge is 2.45. The molecule has 2 N–H and O–H groups in total. The molecule has 2 saturated heterocycles. The van der Waals surface area contributed by atoms with Crippen LogP contribution in [0.15, 0.2) is 48.5 Å². The number of nitrogens with one attached hydrogen (secondary N) is 2.